The molecule has 0 unspecified atom stereocenters. The SMILES string of the molecule is N#CCc1ccc(OCC(=O)N2CCC[C@@H](n3cccn3)C2)cc1. The monoisotopic (exact) mass is 324 g/mol. The number of amides is 1. The number of hydrogen-bond donors (Lipinski definition) is 0. The smallest absolute Gasteiger partial charge is 0.260 e. The van der Waals surface area contributed by atoms with Crippen LogP contribution in [-0.4, -0.2) is 40.3 Å². The van der Waals surface area contributed by atoms with Gasteiger partial charge in [0.05, 0.1) is 18.5 Å². The van der Waals surface area contributed by atoms with Crippen molar-refractivity contribution in [2.24, 2.45) is 0 Å². The predicted octanol–water partition coefficient (Wildman–Crippen LogP) is 2.19. The summed E-state index contributed by atoms with van der Waals surface area (Å²) in [6.07, 6.45) is 6.09. The molecule has 2 heterocycles. The second-order valence-corrected chi connectivity index (χ2v) is 5.89. The van der Waals surface area contributed by atoms with Crippen molar-refractivity contribution in [3.05, 3.63) is 48.3 Å². The van der Waals surface area contributed by atoms with Gasteiger partial charge in [-0.15, -0.1) is 0 Å². The highest BCUT2D eigenvalue weighted by Gasteiger charge is 2.25. The molecule has 0 N–H and O–H groups in total. The van der Waals surface area contributed by atoms with Crippen molar-refractivity contribution in [2.75, 3.05) is 19.7 Å². The highest BCUT2D eigenvalue weighted by molar-refractivity contribution is 5.77. The van der Waals surface area contributed by atoms with Crippen LogP contribution in [0.15, 0.2) is 42.7 Å². The zero-order chi connectivity index (χ0) is 16.8. The van der Waals surface area contributed by atoms with Crippen molar-refractivity contribution < 1.29 is 9.53 Å². The van der Waals surface area contributed by atoms with Gasteiger partial charge in [-0.3, -0.25) is 9.48 Å². The number of aromatic nitrogens is 2. The largest absolute Gasteiger partial charge is 0.484 e. The van der Waals surface area contributed by atoms with Gasteiger partial charge in [0.1, 0.15) is 5.75 Å². The van der Waals surface area contributed by atoms with Crippen LogP contribution in [-0.2, 0) is 11.2 Å². The first-order chi connectivity index (χ1) is 11.8. The molecular weight excluding hydrogens is 304 g/mol. The summed E-state index contributed by atoms with van der Waals surface area (Å²) in [6.45, 7) is 1.47. The molecular formula is C18H20N4O2. The standard InChI is InChI=1S/C18H20N4O2/c19-9-8-15-4-6-17(7-5-15)24-14-18(23)21-11-1-3-16(13-21)22-12-2-10-20-22/h2,4-7,10,12,16H,1,3,8,11,13-14H2/t16-/m1/s1. The zero-order valence-corrected chi connectivity index (χ0v) is 13.5. The lowest BCUT2D eigenvalue weighted by atomic mass is 10.1. The number of carbonyl (C=O) groups is 1. The number of ether oxygens (including phenoxy) is 1. The maximum absolute atomic E-state index is 12.4. The fraction of sp³-hybridized carbons (Fsp3) is 0.389. The first kappa shape index (κ1) is 16.1. The van der Waals surface area contributed by atoms with Gasteiger partial charge < -0.3 is 9.64 Å². The Morgan fingerprint density at radius 1 is 1.38 bits per heavy atom. The summed E-state index contributed by atoms with van der Waals surface area (Å²) >= 11 is 0. The summed E-state index contributed by atoms with van der Waals surface area (Å²) in [6, 6.07) is 11.5. The van der Waals surface area contributed by atoms with Crippen LogP contribution < -0.4 is 4.74 Å². The van der Waals surface area contributed by atoms with Crippen molar-refractivity contribution in [1.29, 1.82) is 5.26 Å². The molecule has 0 radical (unpaired) electrons. The molecule has 0 saturated carbocycles. The third-order valence-corrected chi connectivity index (χ3v) is 4.22. The topological polar surface area (TPSA) is 71.2 Å². The van der Waals surface area contributed by atoms with Gasteiger partial charge in [-0.05, 0) is 36.6 Å². The van der Waals surface area contributed by atoms with E-state index >= 15 is 0 Å². The van der Waals surface area contributed by atoms with Gasteiger partial charge in [0.25, 0.3) is 5.91 Å². The van der Waals surface area contributed by atoms with Gasteiger partial charge in [0, 0.05) is 25.5 Å². The molecule has 1 saturated heterocycles. The third kappa shape index (κ3) is 3.93. The minimum absolute atomic E-state index is 0.00652. The quantitative estimate of drug-likeness (QED) is 0.845. The molecule has 24 heavy (non-hydrogen) atoms. The lowest BCUT2D eigenvalue weighted by Crippen LogP contribution is -2.43. The van der Waals surface area contributed by atoms with E-state index in [2.05, 4.69) is 11.2 Å². The number of benzene rings is 1. The Hall–Kier alpha value is -2.81. The molecule has 1 aliphatic rings. The average molecular weight is 324 g/mol. The van der Waals surface area contributed by atoms with E-state index in [9.17, 15) is 4.79 Å². The summed E-state index contributed by atoms with van der Waals surface area (Å²) in [7, 11) is 0. The maximum atomic E-state index is 12.4. The highest BCUT2D eigenvalue weighted by atomic mass is 16.5. The van der Waals surface area contributed by atoms with Crippen molar-refractivity contribution in [1.82, 2.24) is 14.7 Å². The van der Waals surface area contributed by atoms with Crippen LogP contribution >= 0.6 is 0 Å². The van der Waals surface area contributed by atoms with Gasteiger partial charge in [0.15, 0.2) is 6.61 Å². The van der Waals surface area contributed by atoms with Crippen molar-refractivity contribution in [2.45, 2.75) is 25.3 Å². The predicted molar refractivity (Wildman–Crippen MR) is 88.3 cm³/mol. The Balaban J connectivity index is 1.52. The Labute approximate surface area is 141 Å². The second-order valence-electron chi connectivity index (χ2n) is 5.89. The number of hydrogen-bond acceptors (Lipinski definition) is 4. The van der Waals surface area contributed by atoms with Crippen LogP contribution in [0.5, 0.6) is 5.75 Å². The first-order valence-electron chi connectivity index (χ1n) is 8.12. The molecule has 1 aromatic heterocycles. The first-order valence-corrected chi connectivity index (χ1v) is 8.12. The molecule has 6 heteroatoms. The Morgan fingerprint density at radius 2 is 2.21 bits per heavy atom. The van der Waals surface area contributed by atoms with Crippen LogP contribution in [0.2, 0.25) is 0 Å². The van der Waals surface area contributed by atoms with Gasteiger partial charge in [-0.2, -0.15) is 10.4 Å². The Bertz CT molecular complexity index is 704. The molecule has 6 nitrogen and oxygen atoms in total. The zero-order valence-electron chi connectivity index (χ0n) is 13.5. The summed E-state index contributed by atoms with van der Waals surface area (Å²) in [4.78, 5) is 14.2. The summed E-state index contributed by atoms with van der Waals surface area (Å²) < 4.78 is 7.51. The third-order valence-electron chi connectivity index (χ3n) is 4.22. The minimum atomic E-state index is -0.00652. The van der Waals surface area contributed by atoms with E-state index in [-0.39, 0.29) is 18.6 Å². The van der Waals surface area contributed by atoms with E-state index in [0.29, 0.717) is 18.7 Å². The van der Waals surface area contributed by atoms with Crippen LogP contribution in [0, 0.1) is 11.3 Å². The van der Waals surface area contributed by atoms with E-state index < -0.39 is 0 Å². The molecule has 0 aliphatic carbocycles. The van der Waals surface area contributed by atoms with Crippen LogP contribution in [0.25, 0.3) is 0 Å². The second kappa shape index (κ2) is 7.64. The van der Waals surface area contributed by atoms with E-state index in [1.807, 2.05) is 34.0 Å². The molecule has 124 valence electrons. The van der Waals surface area contributed by atoms with E-state index in [1.165, 1.54) is 0 Å². The Kier molecular flexibility index (Phi) is 5.12. The number of rotatable bonds is 5. The molecule has 0 spiro atoms. The number of piperidine rings is 1. The molecule has 3 rings (SSSR count). The normalized spacial score (nSPS) is 17.3. The highest BCUT2D eigenvalue weighted by Crippen LogP contribution is 2.21. The fourth-order valence-electron chi connectivity index (χ4n) is 2.92. The van der Waals surface area contributed by atoms with Gasteiger partial charge in [-0.25, -0.2) is 0 Å². The van der Waals surface area contributed by atoms with Crippen LogP contribution in [0.4, 0.5) is 0 Å². The lowest BCUT2D eigenvalue weighted by molar-refractivity contribution is -0.135. The molecule has 1 aromatic carbocycles. The van der Waals surface area contributed by atoms with E-state index in [1.54, 1.807) is 18.3 Å². The maximum Gasteiger partial charge on any atom is 0.260 e. The average Bonchev–Trinajstić information content (AvgIpc) is 3.16. The summed E-state index contributed by atoms with van der Waals surface area (Å²) in [5.41, 5.74) is 0.939. The summed E-state index contributed by atoms with van der Waals surface area (Å²) in [5.74, 6) is 0.638. The molecule has 1 amide bonds. The van der Waals surface area contributed by atoms with Gasteiger partial charge in [0.2, 0.25) is 0 Å². The van der Waals surface area contributed by atoms with Gasteiger partial charge >= 0.3 is 0 Å². The summed E-state index contributed by atoms with van der Waals surface area (Å²) in [5, 5.41) is 12.9. The van der Waals surface area contributed by atoms with E-state index in [4.69, 9.17) is 10.00 Å². The Morgan fingerprint density at radius 3 is 2.92 bits per heavy atom. The van der Waals surface area contributed by atoms with Crippen molar-refractivity contribution in [3.8, 4) is 11.8 Å². The minimum Gasteiger partial charge on any atom is -0.484 e. The molecule has 1 fully saturated rings. The van der Waals surface area contributed by atoms with Gasteiger partial charge in [-0.1, -0.05) is 12.1 Å². The fourth-order valence-corrected chi connectivity index (χ4v) is 2.92. The molecule has 0 bridgehead atoms. The van der Waals surface area contributed by atoms with E-state index in [0.717, 1.165) is 24.9 Å². The lowest BCUT2D eigenvalue weighted by Gasteiger charge is -2.32. The number of nitrogens with zero attached hydrogens (tertiary/aromatic N) is 4. The van der Waals surface area contributed by atoms with Crippen LogP contribution in [0.3, 0.4) is 0 Å². The number of carbonyl (C=O) groups excluding carboxylic acids is 1. The molecule has 1 atom stereocenters. The molecule has 2 aromatic rings. The number of nitriles is 1. The molecule has 1 aliphatic heterocycles. The number of likely N-dealkylation sites (tertiary alicyclic amines) is 1. The van der Waals surface area contributed by atoms with Crippen molar-refractivity contribution in [3.63, 3.8) is 0 Å². The van der Waals surface area contributed by atoms with Crippen molar-refractivity contribution >= 4 is 5.91 Å². The van der Waals surface area contributed by atoms with Crippen LogP contribution in [0.1, 0.15) is 24.4 Å².